The average Bonchev–Trinajstić information content (AvgIpc) is 2.67. The van der Waals surface area contributed by atoms with Gasteiger partial charge in [-0.2, -0.15) is 0 Å². The first-order chi connectivity index (χ1) is 13.3. The van der Waals surface area contributed by atoms with Crippen molar-refractivity contribution in [1.82, 2.24) is 0 Å². The average molecular weight is 381 g/mol. The van der Waals surface area contributed by atoms with Crippen molar-refractivity contribution in [2.45, 2.75) is 39.7 Å². The van der Waals surface area contributed by atoms with Crippen molar-refractivity contribution in [3.05, 3.63) is 65.2 Å². The normalized spacial score (nSPS) is 12.1. The number of methoxy groups -OCH3 is 1. The van der Waals surface area contributed by atoms with Crippen LogP contribution in [0.25, 0.3) is 6.08 Å². The highest BCUT2D eigenvalue weighted by Gasteiger charge is 2.19. The first-order valence-corrected chi connectivity index (χ1v) is 9.25. The summed E-state index contributed by atoms with van der Waals surface area (Å²) in [6.07, 6.45) is 2.02. The Balaban J connectivity index is 1.98. The van der Waals surface area contributed by atoms with E-state index in [-0.39, 0.29) is 11.8 Å². The van der Waals surface area contributed by atoms with Crippen LogP contribution in [0, 0.1) is 6.92 Å². The molecule has 2 aromatic rings. The van der Waals surface area contributed by atoms with Gasteiger partial charge in [0.25, 0.3) is 5.91 Å². The quantitative estimate of drug-likeness (QED) is 0.557. The summed E-state index contributed by atoms with van der Waals surface area (Å²) in [7, 11) is 1.59. The number of esters is 1. The van der Waals surface area contributed by atoms with E-state index in [2.05, 4.69) is 19.2 Å². The molecule has 2 rings (SSSR count). The van der Waals surface area contributed by atoms with Crippen molar-refractivity contribution in [2.24, 2.45) is 0 Å². The lowest BCUT2D eigenvalue weighted by Gasteiger charge is -2.18. The van der Waals surface area contributed by atoms with Crippen LogP contribution in [0.1, 0.15) is 43.4 Å². The maximum atomic E-state index is 12.5. The van der Waals surface area contributed by atoms with Crippen LogP contribution in [0.3, 0.4) is 0 Å². The molecule has 0 aliphatic rings. The van der Waals surface area contributed by atoms with E-state index in [4.69, 9.17) is 9.47 Å². The molecule has 1 amide bonds. The van der Waals surface area contributed by atoms with Gasteiger partial charge in [-0.25, -0.2) is 4.79 Å². The summed E-state index contributed by atoms with van der Waals surface area (Å²) in [5.41, 5.74) is 3.62. The van der Waals surface area contributed by atoms with Gasteiger partial charge in [-0.3, -0.25) is 4.79 Å². The topological polar surface area (TPSA) is 64.6 Å². The van der Waals surface area contributed by atoms with Crippen LogP contribution in [0.4, 0.5) is 5.69 Å². The molecule has 0 bridgehead atoms. The number of anilines is 1. The highest BCUT2D eigenvalue weighted by atomic mass is 16.5. The molecule has 1 N–H and O–H groups in total. The minimum Gasteiger partial charge on any atom is -0.497 e. The molecule has 0 radical (unpaired) electrons. The summed E-state index contributed by atoms with van der Waals surface area (Å²) < 4.78 is 10.3. The molecular weight excluding hydrogens is 354 g/mol. The standard InChI is InChI=1S/C23H27NO4/c1-15(2)20-8-6-7-16(3)22(20)24-23(26)17(4)28-21(25)14-11-18-9-12-19(27-5)13-10-18/h6-15,17H,1-5H3,(H,24,26)/b14-11+/t17-/m1/s1. The van der Waals surface area contributed by atoms with Gasteiger partial charge >= 0.3 is 5.97 Å². The fraction of sp³-hybridized carbons (Fsp3) is 0.304. The van der Waals surface area contributed by atoms with Gasteiger partial charge < -0.3 is 14.8 Å². The van der Waals surface area contributed by atoms with Gasteiger partial charge in [-0.15, -0.1) is 0 Å². The molecule has 0 unspecified atom stereocenters. The zero-order valence-corrected chi connectivity index (χ0v) is 17.0. The molecule has 0 saturated carbocycles. The molecule has 0 saturated heterocycles. The number of amides is 1. The molecule has 1 atom stereocenters. The Hall–Kier alpha value is -3.08. The van der Waals surface area contributed by atoms with Crippen molar-refractivity contribution in [1.29, 1.82) is 0 Å². The molecule has 2 aromatic carbocycles. The molecular formula is C23H27NO4. The number of benzene rings is 2. The van der Waals surface area contributed by atoms with E-state index in [0.29, 0.717) is 0 Å². The van der Waals surface area contributed by atoms with Crippen molar-refractivity contribution in [3.63, 3.8) is 0 Å². The van der Waals surface area contributed by atoms with Crippen molar-refractivity contribution in [2.75, 3.05) is 12.4 Å². The molecule has 0 aliphatic heterocycles. The first kappa shape index (κ1) is 21.2. The second-order valence-corrected chi connectivity index (χ2v) is 6.87. The third-order valence-electron chi connectivity index (χ3n) is 4.37. The van der Waals surface area contributed by atoms with Crippen LogP contribution >= 0.6 is 0 Å². The fourth-order valence-corrected chi connectivity index (χ4v) is 2.71. The van der Waals surface area contributed by atoms with Crippen LogP contribution in [0.2, 0.25) is 0 Å². The molecule has 0 heterocycles. The maximum Gasteiger partial charge on any atom is 0.331 e. The minimum absolute atomic E-state index is 0.264. The van der Waals surface area contributed by atoms with Crippen LogP contribution in [0.5, 0.6) is 5.75 Å². The second kappa shape index (κ2) is 9.74. The smallest absolute Gasteiger partial charge is 0.331 e. The number of carbonyl (C=O) groups excluding carboxylic acids is 2. The van der Waals surface area contributed by atoms with Gasteiger partial charge in [-0.1, -0.05) is 44.2 Å². The molecule has 0 aliphatic carbocycles. The van der Waals surface area contributed by atoms with Gasteiger partial charge in [-0.05, 0) is 54.7 Å². The number of hydrogen-bond donors (Lipinski definition) is 1. The first-order valence-electron chi connectivity index (χ1n) is 9.25. The Labute approximate surface area is 166 Å². The number of nitrogens with one attached hydrogen (secondary N) is 1. The van der Waals surface area contributed by atoms with Crippen LogP contribution in [-0.4, -0.2) is 25.1 Å². The summed E-state index contributed by atoms with van der Waals surface area (Å²) in [5.74, 6) is 0.0669. The number of hydrogen-bond acceptors (Lipinski definition) is 4. The highest BCUT2D eigenvalue weighted by Crippen LogP contribution is 2.27. The largest absolute Gasteiger partial charge is 0.497 e. The molecule has 28 heavy (non-hydrogen) atoms. The second-order valence-electron chi connectivity index (χ2n) is 6.87. The summed E-state index contributed by atoms with van der Waals surface area (Å²) >= 11 is 0. The van der Waals surface area contributed by atoms with E-state index in [9.17, 15) is 9.59 Å². The molecule has 5 nitrogen and oxygen atoms in total. The van der Waals surface area contributed by atoms with E-state index in [0.717, 1.165) is 28.1 Å². The fourth-order valence-electron chi connectivity index (χ4n) is 2.71. The summed E-state index contributed by atoms with van der Waals surface area (Å²) in [6.45, 7) is 7.63. The Morgan fingerprint density at radius 2 is 1.71 bits per heavy atom. The Kier molecular flexibility index (Phi) is 7.38. The van der Waals surface area contributed by atoms with Gasteiger partial charge in [0.05, 0.1) is 7.11 Å². The lowest BCUT2D eigenvalue weighted by atomic mass is 9.98. The predicted molar refractivity (Wildman–Crippen MR) is 111 cm³/mol. The lowest BCUT2D eigenvalue weighted by molar-refractivity contribution is -0.148. The lowest BCUT2D eigenvalue weighted by Crippen LogP contribution is -2.30. The third kappa shape index (κ3) is 5.71. The Morgan fingerprint density at radius 3 is 2.32 bits per heavy atom. The number of carbonyl (C=O) groups is 2. The van der Waals surface area contributed by atoms with Crippen molar-refractivity contribution in [3.8, 4) is 5.75 Å². The van der Waals surface area contributed by atoms with E-state index < -0.39 is 12.1 Å². The van der Waals surface area contributed by atoms with E-state index in [1.807, 2.05) is 37.3 Å². The van der Waals surface area contributed by atoms with Gasteiger partial charge in [0.15, 0.2) is 6.10 Å². The maximum absolute atomic E-state index is 12.5. The predicted octanol–water partition coefficient (Wildman–Crippen LogP) is 4.71. The van der Waals surface area contributed by atoms with E-state index in [1.54, 1.807) is 32.2 Å². The molecule has 0 spiro atoms. The SMILES string of the molecule is COc1ccc(/C=C/C(=O)O[C@H](C)C(=O)Nc2c(C)cccc2C(C)C)cc1. The van der Waals surface area contributed by atoms with Crippen molar-refractivity contribution >= 4 is 23.6 Å². The monoisotopic (exact) mass is 381 g/mol. The van der Waals surface area contributed by atoms with Gasteiger partial charge in [0, 0.05) is 11.8 Å². The number of ether oxygens (including phenoxy) is 2. The van der Waals surface area contributed by atoms with Crippen LogP contribution in [-0.2, 0) is 14.3 Å². The Bertz CT molecular complexity index is 853. The van der Waals surface area contributed by atoms with Gasteiger partial charge in [0.1, 0.15) is 5.75 Å². The van der Waals surface area contributed by atoms with E-state index in [1.165, 1.54) is 6.08 Å². The van der Waals surface area contributed by atoms with E-state index >= 15 is 0 Å². The van der Waals surface area contributed by atoms with Crippen molar-refractivity contribution < 1.29 is 19.1 Å². The zero-order valence-electron chi connectivity index (χ0n) is 17.0. The zero-order chi connectivity index (χ0) is 20.7. The molecule has 0 fully saturated rings. The number of rotatable bonds is 7. The summed E-state index contributed by atoms with van der Waals surface area (Å²) in [5, 5.41) is 2.90. The molecule has 148 valence electrons. The third-order valence-corrected chi connectivity index (χ3v) is 4.37. The summed E-state index contributed by atoms with van der Waals surface area (Å²) in [4.78, 5) is 24.5. The summed E-state index contributed by atoms with van der Waals surface area (Å²) in [6, 6.07) is 13.1. The number of para-hydroxylation sites is 1. The molecule has 5 heteroatoms. The van der Waals surface area contributed by atoms with Crippen LogP contribution in [0.15, 0.2) is 48.5 Å². The molecule has 0 aromatic heterocycles. The van der Waals surface area contributed by atoms with Crippen LogP contribution < -0.4 is 10.1 Å². The minimum atomic E-state index is -0.910. The highest BCUT2D eigenvalue weighted by molar-refractivity contribution is 5.97. The van der Waals surface area contributed by atoms with Gasteiger partial charge in [0.2, 0.25) is 0 Å². The number of aryl methyl sites for hydroxylation is 1. The Morgan fingerprint density at radius 1 is 1.04 bits per heavy atom.